The summed E-state index contributed by atoms with van der Waals surface area (Å²) in [6, 6.07) is 6.51. The summed E-state index contributed by atoms with van der Waals surface area (Å²) < 4.78 is 4.39. The number of imidazole rings is 1. The van der Waals surface area contributed by atoms with E-state index in [1.807, 2.05) is 0 Å². The van der Waals surface area contributed by atoms with Gasteiger partial charge >= 0.3 is 0 Å². The predicted octanol–water partition coefficient (Wildman–Crippen LogP) is 5.27. The Labute approximate surface area is 132 Å². The summed E-state index contributed by atoms with van der Waals surface area (Å²) in [7, 11) is 0. The highest BCUT2D eigenvalue weighted by Crippen LogP contribution is 2.27. The third-order valence-corrected chi connectivity index (χ3v) is 5.22. The fourth-order valence-corrected chi connectivity index (χ4v) is 3.94. The Hall–Kier alpha value is -0.360. The highest BCUT2D eigenvalue weighted by Gasteiger charge is 2.14. The molecule has 1 fully saturated rings. The zero-order chi connectivity index (χ0) is 13.2. The molecule has 0 spiro atoms. The Bertz CT molecular complexity index is 623. The normalized spacial score (nSPS) is 17.1. The second-order valence-corrected chi connectivity index (χ2v) is 7.17. The van der Waals surface area contributed by atoms with Gasteiger partial charge in [-0.2, -0.15) is 0 Å². The van der Waals surface area contributed by atoms with Crippen LogP contribution in [-0.4, -0.2) is 9.55 Å². The van der Waals surface area contributed by atoms with Crippen molar-refractivity contribution < 1.29 is 0 Å². The molecule has 1 heterocycles. The Balaban J connectivity index is 1.80. The lowest BCUT2D eigenvalue weighted by molar-refractivity contribution is 0.325. The molecule has 0 radical (unpaired) electrons. The minimum Gasteiger partial charge on any atom is -0.331 e. The number of H-pyrrole nitrogens is 1. The summed E-state index contributed by atoms with van der Waals surface area (Å²) in [5.41, 5.74) is 2.42. The van der Waals surface area contributed by atoms with Gasteiger partial charge < -0.3 is 9.55 Å². The van der Waals surface area contributed by atoms with Crippen molar-refractivity contribution in [1.82, 2.24) is 9.55 Å². The molecule has 1 aliphatic rings. The monoisotopic (exact) mass is 386 g/mol. The van der Waals surface area contributed by atoms with Crippen LogP contribution in [0.5, 0.6) is 0 Å². The number of aryl methyl sites for hydroxylation is 1. The summed E-state index contributed by atoms with van der Waals surface area (Å²) in [5, 5.41) is 0. The van der Waals surface area contributed by atoms with E-state index in [4.69, 9.17) is 12.2 Å². The van der Waals surface area contributed by atoms with E-state index < -0.39 is 0 Å². The van der Waals surface area contributed by atoms with Crippen molar-refractivity contribution in [2.75, 3.05) is 0 Å². The van der Waals surface area contributed by atoms with Crippen molar-refractivity contribution in [3.05, 3.63) is 26.5 Å². The minimum atomic E-state index is 0.868. The number of hydrogen-bond acceptors (Lipinski definition) is 1. The van der Waals surface area contributed by atoms with Gasteiger partial charge in [-0.15, -0.1) is 0 Å². The number of nitrogens with zero attached hydrogens (tertiary/aromatic N) is 1. The van der Waals surface area contributed by atoms with Gasteiger partial charge in [0.1, 0.15) is 0 Å². The van der Waals surface area contributed by atoms with Gasteiger partial charge in [-0.1, -0.05) is 32.1 Å². The van der Waals surface area contributed by atoms with Gasteiger partial charge in [-0.05, 0) is 65.3 Å². The molecule has 0 aliphatic heterocycles. The lowest BCUT2D eigenvalue weighted by Gasteiger charge is -2.21. The van der Waals surface area contributed by atoms with Gasteiger partial charge in [-0.25, -0.2) is 0 Å². The lowest BCUT2D eigenvalue weighted by Crippen LogP contribution is -2.10. The molecule has 0 unspecified atom stereocenters. The number of rotatable bonds is 3. The van der Waals surface area contributed by atoms with Crippen LogP contribution in [-0.2, 0) is 6.54 Å². The van der Waals surface area contributed by atoms with E-state index >= 15 is 0 Å². The Kier molecular flexibility index (Phi) is 4.27. The first-order valence-corrected chi connectivity index (χ1v) is 8.61. The first-order valence-electron chi connectivity index (χ1n) is 7.12. The molecule has 4 heteroatoms. The molecule has 102 valence electrons. The van der Waals surface area contributed by atoms with Crippen LogP contribution in [0.4, 0.5) is 0 Å². The molecule has 1 aromatic heterocycles. The molecule has 1 saturated carbocycles. The van der Waals surface area contributed by atoms with E-state index in [9.17, 15) is 0 Å². The van der Waals surface area contributed by atoms with Crippen molar-refractivity contribution in [2.45, 2.75) is 45.1 Å². The standard InChI is InChI=1S/C15H19IN2S/c16-12-6-7-14-13(10-12)17-15(19)18(14)9-8-11-4-2-1-3-5-11/h6-7,10-11H,1-5,8-9H2,(H,17,19). The largest absolute Gasteiger partial charge is 0.331 e. The van der Waals surface area contributed by atoms with E-state index in [-0.39, 0.29) is 0 Å². The lowest BCUT2D eigenvalue weighted by atomic mass is 9.87. The summed E-state index contributed by atoms with van der Waals surface area (Å²) in [6.07, 6.45) is 8.36. The third-order valence-electron chi connectivity index (χ3n) is 4.22. The maximum absolute atomic E-state index is 5.47. The molecule has 2 aromatic rings. The van der Waals surface area contributed by atoms with Crippen molar-refractivity contribution >= 4 is 45.8 Å². The number of aromatic amines is 1. The highest BCUT2D eigenvalue weighted by molar-refractivity contribution is 14.1. The van der Waals surface area contributed by atoms with Crippen LogP contribution in [0.25, 0.3) is 11.0 Å². The van der Waals surface area contributed by atoms with E-state index in [2.05, 4.69) is 50.3 Å². The molecule has 0 saturated heterocycles. The summed E-state index contributed by atoms with van der Waals surface area (Å²) in [5.74, 6) is 0.907. The first-order chi connectivity index (χ1) is 9.24. The van der Waals surface area contributed by atoms with Crippen molar-refractivity contribution in [3.8, 4) is 0 Å². The van der Waals surface area contributed by atoms with Crippen molar-refractivity contribution in [3.63, 3.8) is 0 Å². The van der Waals surface area contributed by atoms with Crippen molar-refractivity contribution in [1.29, 1.82) is 0 Å². The Morgan fingerprint density at radius 2 is 2.05 bits per heavy atom. The topological polar surface area (TPSA) is 20.7 Å². The number of nitrogens with one attached hydrogen (secondary N) is 1. The average Bonchev–Trinajstić information content (AvgIpc) is 2.72. The molecular formula is C15H19IN2S. The second-order valence-electron chi connectivity index (χ2n) is 5.54. The van der Waals surface area contributed by atoms with Crippen molar-refractivity contribution in [2.24, 2.45) is 5.92 Å². The van der Waals surface area contributed by atoms with Crippen LogP contribution in [0, 0.1) is 14.3 Å². The van der Waals surface area contributed by atoms with Gasteiger partial charge in [0.15, 0.2) is 4.77 Å². The molecular weight excluding hydrogens is 367 g/mol. The molecule has 0 bridgehead atoms. The third kappa shape index (κ3) is 3.05. The molecule has 19 heavy (non-hydrogen) atoms. The van der Waals surface area contributed by atoms with Gasteiger partial charge in [0.05, 0.1) is 11.0 Å². The van der Waals surface area contributed by atoms with Crippen LogP contribution < -0.4 is 0 Å². The van der Waals surface area contributed by atoms with Crippen LogP contribution >= 0.6 is 34.8 Å². The number of benzene rings is 1. The van der Waals surface area contributed by atoms with Gasteiger partial charge in [0, 0.05) is 10.1 Å². The maximum atomic E-state index is 5.47. The average molecular weight is 386 g/mol. The van der Waals surface area contributed by atoms with E-state index in [1.165, 1.54) is 53.1 Å². The molecule has 1 aliphatic carbocycles. The summed E-state index contributed by atoms with van der Waals surface area (Å²) >= 11 is 7.81. The van der Waals surface area contributed by atoms with E-state index in [0.717, 1.165) is 17.2 Å². The second kappa shape index (κ2) is 5.95. The van der Waals surface area contributed by atoms with Crippen LogP contribution in [0.3, 0.4) is 0 Å². The fraction of sp³-hybridized carbons (Fsp3) is 0.533. The summed E-state index contributed by atoms with van der Waals surface area (Å²) in [6.45, 7) is 1.06. The molecule has 1 N–H and O–H groups in total. The zero-order valence-corrected chi connectivity index (χ0v) is 14.0. The minimum absolute atomic E-state index is 0.868. The SMILES string of the molecule is S=c1[nH]c2cc(I)ccc2n1CCC1CCCCC1. The number of halogens is 1. The number of fused-ring (bicyclic) bond motifs is 1. The summed E-state index contributed by atoms with van der Waals surface area (Å²) in [4.78, 5) is 3.33. The highest BCUT2D eigenvalue weighted by atomic mass is 127. The van der Waals surface area contributed by atoms with Crippen LogP contribution in [0.15, 0.2) is 18.2 Å². The quantitative estimate of drug-likeness (QED) is 0.563. The fourth-order valence-electron chi connectivity index (χ4n) is 3.15. The molecule has 2 nitrogen and oxygen atoms in total. The maximum Gasteiger partial charge on any atom is 0.178 e. The van der Waals surface area contributed by atoms with E-state index in [0.29, 0.717) is 0 Å². The molecule has 0 amide bonds. The molecule has 1 aromatic carbocycles. The smallest absolute Gasteiger partial charge is 0.178 e. The Morgan fingerprint density at radius 3 is 2.84 bits per heavy atom. The Morgan fingerprint density at radius 1 is 1.26 bits per heavy atom. The number of hydrogen-bond donors (Lipinski definition) is 1. The van der Waals surface area contributed by atoms with Crippen LogP contribution in [0.2, 0.25) is 0 Å². The van der Waals surface area contributed by atoms with E-state index in [1.54, 1.807) is 0 Å². The first kappa shape index (κ1) is 13.6. The predicted molar refractivity (Wildman–Crippen MR) is 91.0 cm³/mol. The zero-order valence-electron chi connectivity index (χ0n) is 11.0. The molecule has 3 rings (SSSR count). The van der Waals surface area contributed by atoms with Gasteiger partial charge in [0.2, 0.25) is 0 Å². The van der Waals surface area contributed by atoms with Gasteiger partial charge in [-0.3, -0.25) is 0 Å². The van der Waals surface area contributed by atoms with Gasteiger partial charge in [0.25, 0.3) is 0 Å². The molecule has 0 atom stereocenters. The number of aromatic nitrogens is 2. The van der Waals surface area contributed by atoms with Crippen LogP contribution in [0.1, 0.15) is 38.5 Å².